The fourth-order valence-electron chi connectivity index (χ4n) is 4.15. The summed E-state index contributed by atoms with van der Waals surface area (Å²) in [5.41, 5.74) is 7.14. The van der Waals surface area contributed by atoms with Gasteiger partial charge in [0, 0.05) is 54.8 Å². The minimum Gasteiger partial charge on any atom is -0.369 e. The minimum atomic E-state index is 0.665. The molecule has 0 saturated carbocycles. The summed E-state index contributed by atoms with van der Waals surface area (Å²) in [7, 11) is 2.18. The molecule has 1 aromatic heterocycles. The summed E-state index contributed by atoms with van der Waals surface area (Å²) in [5.74, 6) is 0. The molecule has 1 aliphatic rings. The van der Waals surface area contributed by atoms with E-state index in [1.807, 2.05) is 42.6 Å². The van der Waals surface area contributed by atoms with E-state index in [0.717, 1.165) is 59.6 Å². The highest BCUT2D eigenvalue weighted by atomic mass is 15.2. The largest absolute Gasteiger partial charge is 0.369 e. The molecule has 0 aliphatic carbocycles. The summed E-state index contributed by atoms with van der Waals surface area (Å²) < 4.78 is 0. The Kier molecular flexibility index (Phi) is 5.45. The van der Waals surface area contributed by atoms with Gasteiger partial charge in [0.1, 0.15) is 0 Å². The lowest BCUT2D eigenvalue weighted by Crippen LogP contribution is -2.44. The second-order valence-corrected chi connectivity index (χ2v) is 8.24. The van der Waals surface area contributed by atoms with Crippen LogP contribution in [0.1, 0.15) is 5.56 Å². The molecule has 1 saturated heterocycles. The Bertz CT molecular complexity index is 1260. The lowest BCUT2D eigenvalue weighted by Gasteiger charge is -2.34. The van der Waals surface area contributed by atoms with Crippen LogP contribution < -0.4 is 10.2 Å². The monoisotopic (exact) mass is 419 g/mol. The van der Waals surface area contributed by atoms with Gasteiger partial charge < -0.3 is 15.1 Å². The van der Waals surface area contributed by atoms with E-state index in [1.54, 1.807) is 0 Å². The third-order valence-electron chi connectivity index (χ3n) is 6.10. The van der Waals surface area contributed by atoms with E-state index >= 15 is 0 Å². The average molecular weight is 420 g/mol. The molecule has 32 heavy (non-hydrogen) atoms. The molecular weight excluding hydrogens is 394 g/mol. The summed E-state index contributed by atoms with van der Waals surface area (Å²) in [6.07, 6.45) is 1.84. The van der Waals surface area contributed by atoms with Gasteiger partial charge in [-0.15, -0.1) is 0 Å². The molecule has 0 bridgehead atoms. The van der Waals surface area contributed by atoms with Crippen LogP contribution in [0.5, 0.6) is 0 Å². The van der Waals surface area contributed by atoms with Crippen molar-refractivity contribution in [3.05, 3.63) is 84.6 Å². The van der Waals surface area contributed by atoms with E-state index in [4.69, 9.17) is 5.26 Å². The molecule has 1 aliphatic heterocycles. The maximum Gasteiger partial charge on any atom is 0.0991 e. The summed E-state index contributed by atoms with van der Waals surface area (Å²) in [4.78, 5) is 9.34. The van der Waals surface area contributed by atoms with Gasteiger partial charge in [0.05, 0.1) is 17.1 Å². The van der Waals surface area contributed by atoms with E-state index in [-0.39, 0.29) is 0 Å². The maximum atomic E-state index is 9.05. The summed E-state index contributed by atoms with van der Waals surface area (Å²) >= 11 is 0. The molecule has 5 nitrogen and oxygen atoms in total. The quantitative estimate of drug-likeness (QED) is 0.488. The van der Waals surface area contributed by atoms with Crippen molar-refractivity contribution in [2.75, 3.05) is 43.4 Å². The number of rotatable bonds is 4. The maximum absolute atomic E-state index is 9.05. The highest BCUT2D eigenvalue weighted by Crippen LogP contribution is 2.30. The molecule has 158 valence electrons. The Labute approximate surface area is 188 Å². The minimum absolute atomic E-state index is 0.665. The number of likely N-dealkylation sites (N-methyl/N-ethyl adjacent to an activating group) is 1. The van der Waals surface area contributed by atoms with Crippen molar-refractivity contribution in [1.82, 2.24) is 9.88 Å². The molecule has 3 aromatic carbocycles. The standard InChI is InChI=1S/C27H25N5/c1-31-14-16-32(17-15-31)24-9-7-23(8-10-24)30-27-12-13-29-26-11-6-22(18-25(26)27)21-4-2-20(19-28)3-5-21/h2-13,18H,14-17H2,1H3,(H,29,30). The molecule has 2 heterocycles. The Morgan fingerprint density at radius 1 is 0.844 bits per heavy atom. The van der Waals surface area contributed by atoms with Crippen LogP contribution in [0.15, 0.2) is 79.0 Å². The van der Waals surface area contributed by atoms with Crippen LogP contribution in [0, 0.1) is 11.3 Å². The molecule has 0 atom stereocenters. The van der Waals surface area contributed by atoms with Gasteiger partial charge in [-0.2, -0.15) is 5.26 Å². The van der Waals surface area contributed by atoms with E-state index in [9.17, 15) is 0 Å². The summed E-state index contributed by atoms with van der Waals surface area (Å²) in [5, 5.41) is 13.7. The van der Waals surface area contributed by atoms with Gasteiger partial charge in [-0.3, -0.25) is 4.98 Å². The van der Waals surface area contributed by atoms with Gasteiger partial charge in [-0.1, -0.05) is 18.2 Å². The van der Waals surface area contributed by atoms with Crippen LogP contribution in [0.25, 0.3) is 22.0 Å². The van der Waals surface area contributed by atoms with Crippen LogP contribution in [-0.2, 0) is 0 Å². The van der Waals surface area contributed by atoms with Crippen LogP contribution in [0.2, 0.25) is 0 Å². The number of hydrogen-bond donors (Lipinski definition) is 1. The fraction of sp³-hybridized carbons (Fsp3) is 0.185. The summed E-state index contributed by atoms with van der Waals surface area (Å²) in [6, 6.07) is 26.8. The van der Waals surface area contributed by atoms with Gasteiger partial charge in [0.2, 0.25) is 0 Å². The first-order valence-electron chi connectivity index (χ1n) is 10.9. The van der Waals surface area contributed by atoms with Gasteiger partial charge in [0.25, 0.3) is 0 Å². The second kappa shape index (κ2) is 8.70. The Morgan fingerprint density at radius 3 is 2.28 bits per heavy atom. The van der Waals surface area contributed by atoms with Crippen LogP contribution in [0.3, 0.4) is 0 Å². The number of nitrogens with one attached hydrogen (secondary N) is 1. The SMILES string of the molecule is CN1CCN(c2ccc(Nc3ccnc4ccc(-c5ccc(C#N)cc5)cc34)cc2)CC1. The zero-order chi connectivity index (χ0) is 21.9. The fourth-order valence-corrected chi connectivity index (χ4v) is 4.15. The number of hydrogen-bond acceptors (Lipinski definition) is 5. The lowest BCUT2D eigenvalue weighted by molar-refractivity contribution is 0.313. The normalized spacial score (nSPS) is 14.3. The van der Waals surface area contributed by atoms with E-state index in [2.05, 4.69) is 69.6 Å². The van der Waals surface area contributed by atoms with Crippen molar-refractivity contribution in [3.63, 3.8) is 0 Å². The van der Waals surface area contributed by atoms with Crippen molar-refractivity contribution in [2.24, 2.45) is 0 Å². The molecule has 0 amide bonds. The highest BCUT2D eigenvalue weighted by molar-refractivity contribution is 5.95. The third-order valence-corrected chi connectivity index (χ3v) is 6.10. The van der Waals surface area contributed by atoms with Crippen LogP contribution >= 0.6 is 0 Å². The highest BCUT2D eigenvalue weighted by Gasteiger charge is 2.14. The van der Waals surface area contributed by atoms with E-state index in [0.29, 0.717) is 5.56 Å². The number of aromatic nitrogens is 1. The van der Waals surface area contributed by atoms with Crippen LogP contribution in [-0.4, -0.2) is 43.1 Å². The molecule has 1 N–H and O–H groups in total. The number of fused-ring (bicyclic) bond motifs is 1. The first-order chi connectivity index (χ1) is 15.7. The number of nitriles is 1. The molecule has 0 unspecified atom stereocenters. The second-order valence-electron chi connectivity index (χ2n) is 8.24. The number of piperazine rings is 1. The van der Waals surface area contributed by atoms with Crippen LogP contribution in [0.4, 0.5) is 17.1 Å². The molecule has 5 rings (SSSR count). The van der Waals surface area contributed by atoms with E-state index in [1.165, 1.54) is 5.69 Å². The van der Waals surface area contributed by atoms with Gasteiger partial charge >= 0.3 is 0 Å². The Balaban J connectivity index is 1.40. The predicted molar refractivity (Wildman–Crippen MR) is 131 cm³/mol. The molecule has 1 fully saturated rings. The molecule has 0 radical (unpaired) electrons. The topological polar surface area (TPSA) is 55.2 Å². The molecule has 5 heteroatoms. The molecule has 4 aromatic rings. The van der Waals surface area contributed by atoms with Gasteiger partial charge in [-0.25, -0.2) is 0 Å². The lowest BCUT2D eigenvalue weighted by atomic mass is 10.0. The smallest absolute Gasteiger partial charge is 0.0991 e. The zero-order valence-electron chi connectivity index (χ0n) is 18.1. The van der Waals surface area contributed by atoms with Crippen molar-refractivity contribution < 1.29 is 0 Å². The van der Waals surface area contributed by atoms with Gasteiger partial charge in [0.15, 0.2) is 0 Å². The van der Waals surface area contributed by atoms with Crippen molar-refractivity contribution >= 4 is 28.0 Å². The third kappa shape index (κ3) is 4.14. The first kappa shape index (κ1) is 20.0. The van der Waals surface area contributed by atoms with Crippen molar-refractivity contribution in [3.8, 4) is 17.2 Å². The Hall–Kier alpha value is -3.88. The number of nitrogens with zero attached hydrogens (tertiary/aromatic N) is 4. The average Bonchev–Trinajstić information content (AvgIpc) is 2.85. The first-order valence-corrected chi connectivity index (χ1v) is 10.9. The van der Waals surface area contributed by atoms with Crippen molar-refractivity contribution in [1.29, 1.82) is 5.26 Å². The summed E-state index contributed by atoms with van der Waals surface area (Å²) in [6.45, 7) is 4.34. The van der Waals surface area contributed by atoms with E-state index < -0.39 is 0 Å². The van der Waals surface area contributed by atoms with Gasteiger partial charge in [-0.05, 0) is 72.8 Å². The number of benzene rings is 3. The zero-order valence-corrected chi connectivity index (χ0v) is 18.1. The molecular formula is C27H25N5. The molecule has 0 spiro atoms. The number of anilines is 3. The predicted octanol–water partition coefficient (Wildman–Crippen LogP) is 5.27. The van der Waals surface area contributed by atoms with Crippen molar-refractivity contribution in [2.45, 2.75) is 0 Å². The Morgan fingerprint density at radius 2 is 1.56 bits per heavy atom. The number of pyridine rings is 1.